The monoisotopic (exact) mass is 518 g/mol. The normalized spacial score (nSPS) is 11.4. The molecule has 4 rings (SSSR count). The molecule has 8 heteroatoms. The van der Waals surface area contributed by atoms with E-state index in [1.807, 2.05) is 55.5 Å². The smallest absolute Gasteiger partial charge is 0.244 e. The summed E-state index contributed by atoms with van der Waals surface area (Å²) in [7, 11) is -2.39. The van der Waals surface area contributed by atoms with Gasteiger partial charge in [-0.25, -0.2) is 8.42 Å². The number of sulfonamides is 1. The Hall–Kier alpha value is -3.88. The van der Waals surface area contributed by atoms with Gasteiger partial charge in [0.25, 0.3) is 0 Å². The number of benzene rings is 4. The van der Waals surface area contributed by atoms with Gasteiger partial charge in [-0.2, -0.15) is 4.31 Å². The van der Waals surface area contributed by atoms with Gasteiger partial charge in [-0.3, -0.25) is 4.79 Å². The molecule has 0 aromatic heterocycles. The lowest BCUT2D eigenvalue weighted by Crippen LogP contribution is -2.39. The van der Waals surface area contributed by atoms with Crippen LogP contribution in [0.3, 0.4) is 0 Å². The molecule has 1 N–H and O–H groups in total. The van der Waals surface area contributed by atoms with Crippen LogP contribution in [0.2, 0.25) is 0 Å². The second kappa shape index (κ2) is 11.9. The summed E-state index contributed by atoms with van der Waals surface area (Å²) in [5.41, 5.74) is 1.50. The van der Waals surface area contributed by atoms with Gasteiger partial charge in [-0.1, -0.05) is 48.5 Å². The minimum Gasteiger partial charge on any atom is -0.497 e. The van der Waals surface area contributed by atoms with Crippen LogP contribution in [0.15, 0.2) is 95.9 Å². The van der Waals surface area contributed by atoms with Gasteiger partial charge in [0.05, 0.1) is 25.2 Å². The first-order valence-electron chi connectivity index (χ1n) is 12.0. The summed E-state index contributed by atoms with van der Waals surface area (Å²) in [6.45, 7) is 2.25. The van der Waals surface area contributed by atoms with E-state index in [4.69, 9.17) is 9.47 Å². The first-order chi connectivity index (χ1) is 17.9. The third kappa shape index (κ3) is 6.47. The zero-order valence-electron chi connectivity index (χ0n) is 20.9. The zero-order chi connectivity index (χ0) is 26.3. The Morgan fingerprint density at radius 1 is 0.865 bits per heavy atom. The van der Waals surface area contributed by atoms with Gasteiger partial charge in [0.15, 0.2) is 0 Å². The third-order valence-corrected chi connectivity index (χ3v) is 7.85. The average molecular weight is 519 g/mol. The molecule has 0 aliphatic carbocycles. The van der Waals surface area contributed by atoms with Crippen molar-refractivity contribution in [3.05, 3.63) is 96.6 Å². The summed E-state index contributed by atoms with van der Waals surface area (Å²) in [6, 6.07) is 26.9. The van der Waals surface area contributed by atoms with Crippen molar-refractivity contribution < 1.29 is 22.7 Å². The molecule has 0 radical (unpaired) electrons. The molecule has 0 aliphatic heterocycles. The van der Waals surface area contributed by atoms with Crippen LogP contribution in [0.1, 0.15) is 12.5 Å². The molecule has 37 heavy (non-hydrogen) atoms. The van der Waals surface area contributed by atoms with Crippen LogP contribution in [0, 0.1) is 0 Å². The minimum absolute atomic E-state index is 0.134. The van der Waals surface area contributed by atoms with E-state index in [2.05, 4.69) is 5.32 Å². The van der Waals surface area contributed by atoms with Crippen LogP contribution < -0.4 is 14.8 Å². The van der Waals surface area contributed by atoms with Crippen molar-refractivity contribution in [2.24, 2.45) is 0 Å². The topological polar surface area (TPSA) is 84.9 Å². The molecule has 4 aromatic rings. The molecular weight excluding hydrogens is 488 g/mol. The lowest BCUT2D eigenvalue weighted by atomic mass is 10.1. The van der Waals surface area contributed by atoms with Crippen molar-refractivity contribution in [1.82, 2.24) is 4.31 Å². The molecule has 0 atom stereocenters. The molecule has 0 unspecified atom stereocenters. The summed E-state index contributed by atoms with van der Waals surface area (Å²) in [6.07, 6.45) is 0.435. The molecular formula is C29H30N2O5S. The lowest BCUT2D eigenvalue weighted by molar-refractivity contribution is -0.116. The predicted octanol–water partition coefficient (Wildman–Crippen LogP) is 5.12. The highest BCUT2D eigenvalue weighted by Gasteiger charge is 2.28. The van der Waals surface area contributed by atoms with E-state index in [0.29, 0.717) is 29.9 Å². The molecule has 4 aromatic carbocycles. The number of nitrogens with zero attached hydrogens (tertiary/aromatic N) is 1. The zero-order valence-corrected chi connectivity index (χ0v) is 21.7. The van der Waals surface area contributed by atoms with E-state index < -0.39 is 15.9 Å². The number of carbonyl (C=O) groups excluding carboxylic acids is 1. The molecule has 0 saturated carbocycles. The van der Waals surface area contributed by atoms with Crippen LogP contribution >= 0.6 is 0 Å². The fourth-order valence-corrected chi connectivity index (χ4v) is 5.66. The second-order valence-corrected chi connectivity index (χ2v) is 10.3. The summed E-state index contributed by atoms with van der Waals surface area (Å²) in [5.74, 6) is 0.988. The SMILES string of the molecule is CCOc1ccc(NC(=O)CN(CCc2ccc(OC)cc2)S(=O)(=O)c2cccc3ccccc23)cc1. The Balaban J connectivity index is 1.59. The van der Waals surface area contributed by atoms with E-state index in [1.165, 1.54) is 4.31 Å². The van der Waals surface area contributed by atoms with Crippen LogP contribution in [0.4, 0.5) is 5.69 Å². The van der Waals surface area contributed by atoms with Gasteiger partial charge in [0, 0.05) is 17.6 Å². The summed E-state index contributed by atoms with van der Waals surface area (Å²) in [4.78, 5) is 13.2. The molecule has 0 heterocycles. The number of carbonyl (C=O) groups is 1. The van der Waals surface area contributed by atoms with Crippen molar-refractivity contribution in [3.8, 4) is 11.5 Å². The molecule has 0 spiro atoms. The van der Waals surface area contributed by atoms with Crippen molar-refractivity contribution >= 4 is 32.4 Å². The fourth-order valence-electron chi connectivity index (χ4n) is 4.05. The van der Waals surface area contributed by atoms with Gasteiger partial charge >= 0.3 is 0 Å². The first kappa shape index (κ1) is 26.2. The maximum atomic E-state index is 13.9. The lowest BCUT2D eigenvalue weighted by Gasteiger charge is -2.23. The number of rotatable bonds is 11. The van der Waals surface area contributed by atoms with Gasteiger partial charge in [0.2, 0.25) is 15.9 Å². The van der Waals surface area contributed by atoms with E-state index in [0.717, 1.165) is 16.7 Å². The number of amides is 1. The van der Waals surface area contributed by atoms with Crippen LogP contribution in [0.5, 0.6) is 11.5 Å². The Labute approximate surface area is 217 Å². The van der Waals surface area contributed by atoms with Gasteiger partial charge in [-0.05, 0) is 66.8 Å². The van der Waals surface area contributed by atoms with E-state index in [9.17, 15) is 13.2 Å². The molecule has 1 amide bonds. The minimum atomic E-state index is -3.98. The summed E-state index contributed by atoms with van der Waals surface area (Å²) in [5, 5.41) is 4.23. The van der Waals surface area contributed by atoms with Crippen molar-refractivity contribution in [1.29, 1.82) is 0 Å². The predicted molar refractivity (Wildman–Crippen MR) is 146 cm³/mol. The molecule has 0 fully saturated rings. The third-order valence-electron chi connectivity index (χ3n) is 5.95. The molecule has 192 valence electrons. The van der Waals surface area contributed by atoms with Crippen LogP contribution in [-0.2, 0) is 21.2 Å². The molecule has 0 aliphatic rings. The summed E-state index contributed by atoms with van der Waals surface area (Å²) < 4.78 is 39.7. The number of methoxy groups -OCH3 is 1. The van der Waals surface area contributed by atoms with Crippen LogP contribution in [0.25, 0.3) is 10.8 Å². The number of hydrogen-bond donors (Lipinski definition) is 1. The first-order valence-corrected chi connectivity index (χ1v) is 13.5. The van der Waals surface area contributed by atoms with Crippen molar-refractivity contribution in [3.63, 3.8) is 0 Å². The molecule has 0 bridgehead atoms. The van der Waals surface area contributed by atoms with Crippen LogP contribution in [-0.4, -0.2) is 45.4 Å². The fraction of sp³-hybridized carbons (Fsp3) is 0.207. The Kier molecular flexibility index (Phi) is 8.43. The number of ether oxygens (including phenoxy) is 2. The maximum absolute atomic E-state index is 13.9. The number of fused-ring (bicyclic) bond motifs is 1. The highest BCUT2D eigenvalue weighted by molar-refractivity contribution is 7.89. The van der Waals surface area contributed by atoms with E-state index in [-0.39, 0.29) is 18.0 Å². The number of nitrogens with one attached hydrogen (secondary N) is 1. The Morgan fingerprint density at radius 2 is 1.54 bits per heavy atom. The standard InChI is InChI=1S/C29H30N2O5S/c1-3-36-26-17-13-24(14-18-26)30-29(32)21-31(20-19-22-11-15-25(35-2)16-12-22)37(33,34)28-10-6-8-23-7-4-5-9-27(23)28/h4-18H,3,19-21H2,1-2H3,(H,30,32). The quantitative estimate of drug-likeness (QED) is 0.298. The largest absolute Gasteiger partial charge is 0.497 e. The van der Waals surface area contributed by atoms with Gasteiger partial charge in [-0.15, -0.1) is 0 Å². The highest BCUT2D eigenvalue weighted by Crippen LogP contribution is 2.26. The van der Waals surface area contributed by atoms with Crippen molar-refractivity contribution in [2.75, 3.05) is 32.1 Å². The van der Waals surface area contributed by atoms with E-state index in [1.54, 1.807) is 49.6 Å². The van der Waals surface area contributed by atoms with Crippen molar-refractivity contribution in [2.45, 2.75) is 18.2 Å². The van der Waals surface area contributed by atoms with E-state index >= 15 is 0 Å². The molecule has 0 saturated heterocycles. The molecule has 7 nitrogen and oxygen atoms in total. The Morgan fingerprint density at radius 3 is 2.24 bits per heavy atom. The number of hydrogen-bond acceptors (Lipinski definition) is 5. The highest BCUT2D eigenvalue weighted by atomic mass is 32.2. The average Bonchev–Trinajstić information content (AvgIpc) is 2.92. The summed E-state index contributed by atoms with van der Waals surface area (Å²) >= 11 is 0. The second-order valence-electron chi connectivity index (χ2n) is 8.42. The van der Waals surface area contributed by atoms with Gasteiger partial charge in [0.1, 0.15) is 11.5 Å². The van der Waals surface area contributed by atoms with Gasteiger partial charge < -0.3 is 14.8 Å². The number of anilines is 1. The Bertz CT molecular complexity index is 1450. The maximum Gasteiger partial charge on any atom is 0.244 e.